The van der Waals surface area contributed by atoms with Gasteiger partial charge in [-0.25, -0.2) is 0 Å². The molecule has 1 aliphatic heterocycles. The topological polar surface area (TPSA) is 59.9 Å². The zero-order valence-corrected chi connectivity index (χ0v) is 15.7. The molecule has 2 fully saturated rings. The molecule has 134 valence electrons. The van der Waals surface area contributed by atoms with Crippen molar-refractivity contribution in [2.24, 2.45) is 10.9 Å². The predicted octanol–water partition coefficient (Wildman–Crippen LogP) is 2.47. The van der Waals surface area contributed by atoms with Gasteiger partial charge in [0, 0.05) is 30.6 Å². The number of hydrogen-bond acceptors (Lipinski definition) is 4. The summed E-state index contributed by atoms with van der Waals surface area (Å²) in [6, 6.07) is 4.53. The van der Waals surface area contributed by atoms with Crippen molar-refractivity contribution in [2.75, 3.05) is 32.7 Å². The summed E-state index contributed by atoms with van der Waals surface area (Å²) in [5.74, 6) is 1.47. The number of thiophene rings is 1. The lowest BCUT2D eigenvalue weighted by molar-refractivity contribution is 0.191. The zero-order chi connectivity index (χ0) is 16.9. The van der Waals surface area contributed by atoms with Crippen LogP contribution in [0.25, 0.3) is 0 Å². The number of aliphatic imine (C=N–C) groups is 1. The highest BCUT2D eigenvalue weighted by molar-refractivity contribution is 7.16. The Kier molecular flexibility index (Phi) is 6.38. The van der Waals surface area contributed by atoms with Crippen molar-refractivity contribution in [3.8, 4) is 0 Å². The fraction of sp³-hybridized carbons (Fsp3) is 0.706. The van der Waals surface area contributed by atoms with Crippen LogP contribution < -0.4 is 10.6 Å². The highest BCUT2D eigenvalue weighted by Crippen LogP contribution is 2.31. The Bertz CT molecular complexity index is 561. The molecule has 7 heteroatoms. The number of guanidine groups is 1. The molecular formula is C17H27ClN4OS. The number of nitrogens with one attached hydrogen (secondary N) is 2. The number of rotatable bonds is 7. The van der Waals surface area contributed by atoms with Gasteiger partial charge in [0.15, 0.2) is 5.96 Å². The average molecular weight is 371 g/mol. The average Bonchev–Trinajstić information content (AvgIpc) is 3.15. The molecule has 5 nitrogen and oxygen atoms in total. The van der Waals surface area contributed by atoms with Gasteiger partial charge in [-0.2, -0.15) is 0 Å². The van der Waals surface area contributed by atoms with E-state index in [2.05, 4.69) is 27.4 Å². The molecule has 0 bridgehead atoms. The fourth-order valence-corrected chi connectivity index (χ4v) is 4.20. The number of likely N-dealkylation sites (tertiary alicyclic amines) is 1. The molecule has 2 unspecified atom stereocenters. The minimum Gasteiger partial charge on any atom is -0.386 e. The third-order valence-electron chi connectivity index (χ3n) is 4.63. The van der Waals surface area contributed by atoms with Gasteiger partial charge in [-0.15, -0.1) is 11.3 Å². The van der Waals surface area contributed by atoms with Crippen molar-refractivity contribution in [2.45, 2.75) is 38.3 Å². The number of aliphatic hydroxyl groups is 1. The quantitative estimate of drug-likeness (QED) is 0.509. The second kappa shape index (κ2) is 8.52. The van der Waals surface area contributed by atoms with Crippen LogP contribution >= 0.6 is 22.9 Å². The maximum Gasteiger partial charge on any atom is 0.191 e. The Morgan fingerprint density at radius 1 is 1.42 bits per heavy atom. The largest absolute Gasteiger partial charge is 0.386 e. The Morgan fingerprint density at radius 2 is 2.25 bits per heavy atom. The van der Waals surface area contributed by atoms with E-state index < -0.39 is 6.10 Å². The molecule has 3 N–H and O–H groups in total. The third-order valence-corrected chi connectivity index (χ3v) is 5.96. The van der Waals surface area contributed by atoms with E-state index in [1.807, 2.05) is 12.1 Å². The lowest BCUT2D eigenvalue weighted by Gasteiger charge is -2.17. The maximum absolute atomic E-state index is 10.2. The minimum absolute atomic E-state index is 0.338. The van der Waals surface area contributed by atoms with Gasteiger partial charge in [0.05, 0.1) is 10.9 Å². The van der Waals surface area contributed by atoms with E-state index in [-0.39, 0.29) is 0 Å². The fourth-order valence-electron chi connectivity index (χ4n) is 3.16. The molecule has 2 heterocycles. The van der Waals surface area contributed by atoms with Gasteiger partial charge < -0.3 is 20.6 Å². The van der Waals surface area contributed by atoms with Crippen LogP contribution in [-0.4, -0.2) is 54.7 Å². The number of aliphatic hydroxyl groups excluding tert-OH is 1. The molecule has 3 rings (SSSR count). The van der Waals surface area contributed by atoms with Crippen molar-refractivity contribution in [1.29, 1.82) is 0 Å². The molecular weight excluding hydrogens is 344 g/mol. The predicted molar refractivity (Wildman–Crippen MR) is 101 cm³/mol. The second-order valence-electron chi connectivity index (χ2n) is 6.64. The van der Waals surface area contributed by atoms with E-state index in [4.69, 9.17) is 11.6 Å². The standard InChI is InChI=1S/C17H27ClN4OS/c1-2-19-17(21-10-14(23)15-5-6-16(18)24-15)20-9-12-7-8-22(11-12)13-3-4-13/h5-6,12-14,23H,2-4,7-11H2,1H3,(H2,19,20,21). The van der Waals surface area contributed by atoms with Crippen LogP contribution in [-0.2, 0) is 0 Å². The molecule has 1 aromatic rings. The van der Waals surface area contributed by atoms with Gasteiger partial charge in [0.25, 0.3) is 0 Å². The molecule has 1 saturated heterocycles. The highest BCUT2D eigenvalue weighted by atomic mass is 35.5. The lowest BCUT2D eigenvalue weighted by atomic mass is 10.1. The van der Waals surface area contributed by atoms with Gasteiger partial charge in [-0.1, -0.05) is 11.6 Å². The van der Waals surface area contributed by atoms with Crippen LogP contribution in [0.2, 0.25) is 4.34 Å². The lowest BCUT2D eigenvalue weighted by Crippen LogP contribution is -2.40. The van der Waals surface area contributed by atoms with Gasteiger partial charge in [0.2, 0.25) is 0 Å². The first-order valence-corrected chi connectivity index (χ1v) is 10.0. The Hall–Kier alpha value is -0.820. The van der Waals surface area contributed by atoms with Gasteiger partial charge in [-0.3, -0.25) is 4.99 Å². The summed E-state index contributed by atoms with van der Waals surface area (Å²) < 4.78 is 0.694. The molecule has 1 aromatic heterocycles. The van der Waals surface area contributed by atoms with Gasteiger partial charge in [0.1, 0.15) is 6.10 Å². The van der Waals surface area contributed by atoms with Crippen molar-refractivity contribution in [3.05, 3.63) is 21.3 Å². The summed E-state index contributed by atoms with van der Waals surface area (Å²) in [6.45, 7) is 6.58. The van der Waals surface area contributed by atoms with Gasteiger partial charge >= 0.3 is 0 Å². The van der Waals surface area contributed by atoms with Crippen LogP contribution in [0.5, 0.6) is 0 Å². The number of halogens is 1. The Morgan fingerprint density at radius 3 is 2.92 bits per heavy atom. The van der Waals surface area contributed by atoms with Crippen molar-refractivity contribution >= 4 is 28.9 Å². The van der Waals surface area contributed by atoms with E-state index in [1.54, 1.807) is 0 Å². The monoisotopic (exact) mass is 370 g/mol. The maximum atomic E-state index is 10.2. The summed E-state index contributed by atoms with van der Waals surface area (Å²) in [4.78, 5) is 8.00. The van der Waals surface area contributed by atoms with E-state index in [0.717, 1.165) is 30.0 Å². The molecule has 2 atom stereocenters. The highest BCUT2D eigenvalue weighted by Gasteiger charge is 2.34. The summed E-state index contributed by atoms with van der Waals surface area (Å²) >= 11 is 7.32. The summed E-state index contributed by atoms with van der Waals surface area (Å²) in [7, 11) is 0. The van der Waals surface area contributed by atoms with Crippen molar-refractivity contribution < 1.29 is 5.11 Å². The first-order valence-electron chi connectivity index (χ1n) is 8.85. The summed E-state index contributed by atoms with van der Waals surface area (Å²) in [5, 5.41) is 16.9. The SMILES string of the molecule is CCNC(=NCC(O)c1ccc(Cl)s1)NCC1CCN(C2CC2)C1. The van der Waals surface area contributed by atoms with Crippen molar-refractivity contribution in [3.63, 3.8) is 0 Å². The first-order chi connectivity index (χ1) is 11.7. The summed E-state index contributed by atoms with van der Waals surface area (Å²) in [6.07, 6.45) is 3.43. The van der Waals surface area contributed by atoms with Crippen LogP contribution in [0, 0.1) is 5.92 Å². The van der Waals surface area contributed by atoms with Crippen LogP contribution in [0.3, 0.4) is 0 Å². The zero-order valence-electron chi connectivity index (χ0n) is 14.2. The normalized spacial score (nSPS) is 23.5. The Balaban J connectivity index is 1.46. The minimum atomic E-state index is -0.602. The molecule has 0 radical (unpaired) electrons. The van der Waals surface area contributed by atoms with E-state index in [0.29, 0.717) is 16.8 Å². The molecule has 1 aliphatic carbocycles. The van der Waals surface area contributed by atoms with Crippen LogP contribution in [0.15, 0.2) is 17.1 Å². The van der Waals surface area contributed by atoms with E-state index >= 15 is 0 Å². The Labute approximate surface area is 153 Å². The molecule has 0 aromatic carbocycles. The van der Waals surface area contributed by atoms with Gasteiger partial charge in [-0.05, 0) is 50.8 Å². The first kappa shape index (κ1) is 18.0. The number of hydrogen-bond donors (Lipinski definition) is 3. The van der Waals surface area contributed by atoms with Crippen LogP contribution in [0.1, 0.15) is 37.2 Å². The van der Waals surface area contributed by atoms with E-state index in [1.165, 1.54) is 43.7 Å². The molecule has 0 spiro atoms. The molecule has 0 amide bonds. The van der Waals surface area contributed by atoms with Crippen molar-refractivity contribution in [1.82, 2.24) is 15.5 Å². The molecule has 2 aliphatic rings. The van der Waals surface area contributed by atoms with Crippen LogP contribution in [0.4, 0.5) is 0 Å². The smallest absolute Gasteiger partial charge is 0.191 e. The summed E-state index contributed by atoms with van der Waals surface area (Å²) in [5.41, 5.74) is 0. The molecule has 24 heavy (non-hydrogen) atoms. The second-order valence-corrected chi connectivity index (χ2v) is 8.39. The van der Waals surface area contributed by atoms with E-state index in [9.17, 15) is 5.11 Å². The molecule has 1 saturated carbocycles. The number of nitrogens with zero attached hydrogens (tertiary/aromatic N) is 2. The third kappa shape index (κ3) is 5.09.